The van der Waals surface area contributed by atoms with Crippen molar-refractivity contribution in [3.8, 4) is 0 Å². The van der Waals surface area contributed by atoms with Crippen LogP contribution in [0.25, 0.3) is 0 Å². The summed E-state index contributed by atoms with van der Waals surface area (Å²) in [4.78, 5) is 24.4. The highest BCUT2D eigenvalue weighted by molar-refractivity contribution is 7.99. The van der Waals surface area contributed by atoms with E-state index in [1.807, 2.05) is 20.8 Å². The molecule has 92 valence electrons. The van der Waals surface area contributed by atoms with E-state index in [4.69, 9.17) is 5.11 Å². The molecule has 1 N–H and O–H groups in total. The molecule has 0 bridgehead atoms. The van der Waals surface area contributed by atoms with Gasteiger partial charge in [0.2, 0.25) is 5.91 Å². The molecular weight excluding hydrogens is 226 g/mol. The van der Waals surface area contributed by atoms with E-state index in [1.54, 1.807) is 11.8 Å². The molecule has 4 nitrogen and oxygen atoms in total. The largest absolute Gasteiger partial charge is 0.480 e. The molecule has 1 aliphatic heterocycles. The third kappa shape index (κ3) is 3.40. The zero-order valence-corrected chi connectivity index (χ0v) is 10.8. The second kappa shape index (κ2) is 5.08. The second-order valence-corrected chi connectivity index (χ2v) is 6.20. The van der Waals surface area contributed by atoms with Gasteiger partial charge < -0.3 is 10.0 Å². The average molecular weight is 245 g/mol. The minimum absolute atomic E-state index is 0.00331. The van der Waals surface area contributed by atoms with Gasteiger partial charge in [-0.15, -0.1) is 0 Å². The van der Waals surface area contributed by atoms with Gasteiger partial charge in [0.05, 0.1) is 0 Å². The molecule has 0 saturated carbocycles. The summed E-state index contributed by atoms with van der Waals surface area (Å²) >= 11 is 1.76. The van der Waals surface area contributed by atoms with E-state index in [2.05, 4.69) is 0 Å². The lowest BCUT2D eigenvalue weighted by atomic mass is 10.0. The molecule has 1 amide bonds. The van der Waals surface area contributed by atoms with Gasteiger partial charge >= 0.3 is 5.97 Å². The van der Waals surface area contributed by atoms with Gasteiger partial charge in [0.15, 0.2) is 0 Å². The van der Waals surface area contributed by atoms with Gasteiger partial charge in [-0.1, -0.05) is 0 Å². The molecule has 1 unspecified atom stereocenters. The van der Waals surface area contributed by atoms with Gasteiger partial charge in [-0.2, -0.15) is 11.8 Å². The number of hydrogen-bond donors (Lipinski definition) is 1. The highest BCUT2D eigenvalue weighted by Gasteiger charge is 2.34. The van der Waals surface area contributed by atoms with Crippen LogP contribution in [0, 0.1) is 5.92 Å². The van der Waals surface area contributed by atoms with Gasteiger partial charge in [0.25, 0.3) is 0 Å². The number of thioether (sulfide) groups is 1. The normalized spacial score (nSPS) is 20.8. The Kier molecular flexibility index (Phi) is 4.24. The SMILES string of the molecule is CC(C)(C)N(CC(=O)O)C(=O)C1CCSC1. The fraction of sp³-hybridized carbons (Fsp3) is 0.818. The summed E-state index contributed by atoms with van der Waals surface area (Å²) in [6.45, 7) is 5.41. The second-order valence-electron chi connectivity index (χ2n) is 5.05. The fourth-order valence-electron chi connectivity index (χ4n) is 1.73. The van der Waals surface area contributed by atoms with E-state index in [9.17, 15) is 9.59 Å². The van der Waals surface area contributed by atoms with Crippen LogP contribution in [0.15, 0.2) is 0 Å². The lowest BCUT2D eigenvalue weighted by Gasteiger charge is -2.36. The summed E-state index contributed by atoms with van der Waals surface area (Å²) in [5.41, 5.74) is -0.428. The van der Waals surface area contributed by atoms with Crippen LogP contribution in [0.2, 0.25) is 0 Å². The summed E-state index contributed by atoms with van der Waals surface area (Å²) in [5.74, 6) is 0.865. The van der Waals surface area contributed by atoms with Crippen LogP contribution in [-0.4, -0.2) is 45.5 Å². The lowest BCUT2D eigenvalue weighted by Crippen LogP contribution is -2.50. The molecule has 1 atom stereocenters. The van der Waals surface area contributed by atoms with Crippen LogP contribution < -0.4 is 0 Å². The lowest BCUT2D eigenvalue weighted by molar-refractivity contribution is -0.150. The van der Waals surface area contributed by atoms with Crippen molar-refractivity contribution < 1.29 is 14.7 Å². The number of carboxylic acids is 1. The molecule has 0 aromatic carbocycles. The number of rotatable bonds is 3. The Balaban J connectivity index is 2.75. The molecular formula is C11H19NO3S. The van der Waals surface area contributed by atoms with Crippen molar-refractivity contribution in [3.05, 3.63) is 0 Å². The summed E-state index contributed by atoms with van der Waals surface area (Å²) in [6.07, 6.45) is 0.871. The number of aliphatic carboxylic acids is 1. The summed E-state index contributed by atoms with van der Waals surface area (Å²) in [5, 5.41) is 8.84. The third-order valence-electron chi connectivity index (χ3n) is 2.65. The first-order chi connectivity index (χ1) is 7.32. The summed E-state index contributed by atoms with van der Waals surface area (Å²) in [6, 6.07) is 0. The third-order valence-corrected chi connectivity index (χ3v) is 3.81. The topological polar surface area (TPSA) is 57.6 Å². The van der Waals surface area contributed by atoms with E-state index < -0.39 is 11.5 Å². The molecule has 1 aliphatic rings. The van der Waals surface area contributed by atoms with Gasteiger partial charge in [0, 0.05) is 17.2 Å². The van der Waals surface area contributed by atoms with Crippen LogP contribution in [0.1, 0.15) is 27.2 Å². The monoisotopic (exact) mass is 245 g/mol. The highest BCUT2D eigenvalue weighted by Crippen LogP contribution is 2.27. The molecule has 5 heteroatoms. The summed E-state index contributed by atoms with van der Waals surface area (Å²) in [7, 11) is 0. The van der Waals surface area contributed by atoms with E-state index in [0.717, 1.165) is 17.9 Å². The van der Waals surface area contributed by atoms with E-state index in [0.29, 0.717) is 0 Å². The first kappa shape index (κ1) is 13.4. The number of carbonyl (C=O) groups excluding carboxylic acids is 1. The van der Waals surface area contributed by atoms with Crippen molar-refractivity contribution >= 4 is 23.6 Å². The maximum absolute atomic E-state index is 12.2. The molecule has 0 aromatic heterocycles. The standard InChI is InChI=1S/C11H19NO3S/c1-11(2,3)12(6-9(13)14)10(15)8-4-5-16-7-8/h8H,4-7H2,1-3H3,(H,13,14). The van der Waals surface area contributed by atoms with Crippen molar-refractivity contribution in [1.82, 2.24) is 4.90 Å². The average Bonchev–Trinajstić information content (AvgIpc) is 2.63. The van der Waals surface area contributed by atoms with Gasteiger partial charge in [-0.25, -0.2) is 0 Å². The van der Waals surface area contributed by atoms with Crippen LogP contribution in [0.4, 0.5) is 0 Å². The van der Waals surface area contributed by atoms with E-state index >= 15 is 0 Å². The van der Waals surface area contributed by atoms with Crippen molar-refractivity contribution in [2.45, 2.75) is 32.7 Å². The number of carbonyl (C=O) groups is 2. The molecule has 16 heavy (non-hydrogen) atoms. The molecule has 1 rings (SSSR count). The predicted molar refractivity (Wildman–Crippen MR) is 64.5 cm³/mol. The smallest absolute Gasteiger partial charge is 0.323 e. The van der Waals surface area contributed by atoms with Gasteiger partial charge in [-0.3, -0.25) is 9.59 Å². The summed E-state index contributed by atoms with van der Waals surface area (Å²) < 4.78 is 0. The minimum atomic E-state index is -0.950. The van der Waals surface area contributed by atoms with Gasteiger partial charge in [0.1, 0.15) is 6.54 Å². The Morgan fingerprint density at radius 3 is 2.44 bits per heavy atom. The van der Waals surface area contributed by atoms with E-state index in [1.165, 1.54) is 4.90 Å². The first-order valence-electron chi connectivity index (χ1n) is 5.43. The Morgan fingerprint density at radius 2 is 2.06 bits per heavy atom. The first-order valence-corrected chi connectivity index (χ1v) is 6.59. The molecule has 0 aromatic rings. The van der Waals surface area contributed by atoms with Crippen LogP contribution in [0.5, 0.6) is 0 Å². The molecule has 1 fully saturated rings. The maximum Gasteiger partial charge on any atom is 0.323 e. The Bertz CT molecular complexity index is 279. The molecule has 0 radical (unpaired) electrons. The molecule has 0 aliphatic carbocycles. The number of nitrogens with zero attached hydrogens (tertiary/aromatic N) is 1. The Labute approximate surface area is 100 Å². The van der Waals surface area contributed by atoms with Crippen molar-refractivity contribution in [3.63, 3.8) is 0 Å². The van der Waals surface area contributed by atoms with Crippen molar-refractivity contribution in [2.75, 3.05) is 18.1 Å². The van der Waals surface area contributed by atoms with Crippen molar-refractivity contribution in [1.29, 1.82) is 0 Å². The zero-order chi connectivity index (χ0) is 12.3. The Hall–Kier alpha value is -0.710. The quantitative estimate of drug-likeness (QED) is 0.817. The van der Waals surface area contributed by atoms with E-state index in [-0.39, 0.29) is 18.4 Å². The number of hydrogen-bond acceptors (Lipinski definition) is 3. The Morgan fingerprint density at radius 1 is 1.44 bits per heavy atom. The van der Waals surface area contributed by atoms with Crippen LogP contribution in [0.3, 0.4) is 0 Å². The molecule has 0 spiro atoms. The van der Waals surface area contributed by atoms with Gasteiger partial charge in [-0.05, 0) is 32.9 Å². The number of carboxylic acid groups (broad SMARTS) is 1. The zero-order valence-electron chi connectivity index (χ0n) is 10.0. The number of amides is 1. The predicted octanol–water partition coefficient (Wildman–Crippen LogP) is 1.45. The van der Waals surface area contributed by atoms with Crippen LogP contribution >= 0.6 is 11.8 Å². The van der Waals surface area contributed by atoms with Crippen molar-refractivity contribution in [2.24, 2.45) is 5.92 Å². The maximum atomic E-state index is 12.2. The molecule has 1 heterocycles. The minimum Gasteiger partial charge on any atom is -0.480 e. The fourth-order valence-corrected chi connectivity index (χ4v) is 2.94. The highest BCUT2D eigenvalue weighted by atomic mass is 32.2. The molecule has 1 saturated heterocycles. The van der Waals surface area contributed by atoms with Crippen LogP contribution in [-0.2, 0) is 9.59 Å².